The highest BCUT2D eigenvalue weighted by Gasteiger charge is 2.50. The van der Waals surface area contributed by atoms with Gasteiger partial charge in [0.2, 0.25) is 14.1 Å². The van der Waals surface area contributed by atoms with Crippen LogP contribution >= 0.6 is 22.9 Å². The molecule has 1 saturated carbocycles. The maximum absolute atomic E-state index is 13.9. The average molecular weight is 748 g/mol. The lowest BCUT2D eigenvalue weighted by molar-refractivity contribution is 0.0678. The Morgan fingerprint density at radius 1 is 1.04 bits per heavy atom. The van der Waals surface area contributed by atoms with Crippen LogP contribution in [0.2, 0.25) is 39.1 Å². The van der Waals surface area contributed by atoms with Crippen molar-refractivity contribution in [2.75, 3.05) is 12.4 Å². The van der Waals surface area contributed by atoms with E-state index in [0.29, 0.717) is 50.1 Å². The van der Waals surface area contributed by atoms with Crippen molar-refractivity contribution in [3.8, 4) is 0 Å². The van der Waals surface area contributed by atoms with Crippen LogP contribution in [0.4, 0.5) is 5.82 Å². The Morgan fingerprint density at radius 3 is 2.15 bits per heavy atom. The normalized spacial score (nSPS) is 20.4. The van der Waals surface area contributed by atoms with Crippen LogP contribution in [0.5, 0.6) is 0 Å². The summed E-state index contributed by atoms with van der Waals surface area (Å²) in [5.41, 5.74) is 2.00. The number of rotatable bonds is 15. The lowest BCUT2D eigenvalue weighted by Gasteiger charge is -2.44. The standard InChI is InChI=1S/C32H55ClN4O6S2Si2/c1-19(2)47(20(3)4,21(5)6)43-27-15-23(14-26(27)41-45(39,40)34-11)37-31-25(17-35-18-36-31)29(38)28-16-24(30(33)44-28)22(7)42-46(12,13)32(8,9)10/h16-23,26-27,34H,14-15H2,1-13H3,(H,35,36,37)/t22-,23+,26-,27+/m1/s1. The first-order valence-electron chi connectivity index (χ1n) is 16.4. The van der Waals surface area contributed by atoms with Crippen molar-refractivity contribution in [1.82, 2.24) is 14.7 Å². The number of ketones is 1. The molecule has 3 rings (SSSR count). The molecule has 266 valence electrons. The molecule has 0 spiro atoms. The summed E-state index contributed by atoms with van der Waals surface area (Å²) < 4.78 is 47.2. The van der Waals surface area contributed by atoms with Crippen LogP contribution in [0.1, 0.15) is 109 Å². The topological polar surface area (TPSA) is 129 Å². The Kier molecular flexibility index (Phi) is 13.1. The number of carbonyl (C=O) groups is 1. The number of nitrogens with one attached hydrogen (secondary N) is 2. The maximum Gasteiger partial charge on any atom is 0.335 e. The third kappa shape index (κ3) is 9.12. The van der Waals surface area contributed by atoms with Crippen LogP contribution in [0.25, 0.3) is 0 Å². The van der Waals surface area contributed by atoms with E-state index in [9.17, 15) is 13.2 Å². The zero-order chi connectivity index (χ0) is 35.7. The van der Waals surface area contributed by atoms with Gasteiger partial charge < -0.3 is 14.2 Å². The zero-order valence-electron chi connectivity index (χ0n) is 30.2. The van der Waals surface area contributed by atoms with Crippen molar-refractivity contribution in [1.29, 1.82) is 0 Å². The van der Waals surface area contributed by atoms with Crippen LogP contribution in [0, 0.1) is 0 Å². The monoisotopic (exact) mass is 746 g/mol. The molecule has 47 heavy (non-hydrogen) atoms. The molecule has 4 atom stereocenters. The Morgan fingerprint density at radius 2 is 1.62 bits per heavy atom. The minimum Gasteiger partial charge on any atom is -0.410 e. The minimum absolute atomic E-state index is 0.0258. The molecule has 15 heteroatoms. The van der Waals surface area contributed by atoms with Crippen molar-refractivity contribution in [2.45, 2.75) is 141 Å². The maximum atomic E-state index is 13.9. The van der Waals surface area contributed by atoms with E-state index in [-0.39, 0.29) is 23.0 Å². The number of carbonyl (C=O) groups excluding carboxylic acids is 1. The highest BCUT2D eigenvalue weighted by molar-refractivity contribution is 7.84. The van der Waals surface area contributed by atoms with Crippen LogP contribution in [-0.4, -0.2) is 66.1 Å². The fourth-order valence-electron chi connectivity index (χ4n) is 6.58. The van der Waals surface area contributed by atoms with Gasteiger partial charge >= 0.3 is 10.3 Å². The second-order valence-electron chi connectivity index (χ2n) is 15.1. The quantitative estimate of drug-likeness (QED) is 0.136. The van der Waals surface area contributed by atoms with Crippen LogP contribution in [0.3, 0.4) is 0 Å². The molecule has 0 aliphatic heterocycles. The second kappa shape index (κ2) is 15.3. The molecule has 1 aliphatic carbocycles. The van der Waals surface area contributed by atoms with Gasteiger partial charge in [0.05, 0.1) is 27.0 Å². The molecule has 2 heterocycles. The summed E-state index contributed by atoms with van der Waals surface area (Å²) in [7, 11) is -7.10. The van der Waals surface area contributed by atoms with E-state index in [2.05, 4.69) is 95.4 Å². The number of anilines is 1. The van der Waals surface area contributed by atoms with E-state index < -0.39 is 39.1 Å². The summed E-state index contributed by atoms with van der Waals surface area (Å²) >= 11 is 7.90. The number of thiophene rings is 1. The fraction of sp³-hybridized carbons (Fsp3) is 0.719. The molecule has 0 aromatic carbocycles. The van der Waals surface area contributed by atoms with Gasteiger partial charge in [-0.15, -0.1) is 11.3 Å². The van der Waals surface area contributed by atoms with Gasteiger partial charge in [0, 0.05) is 24.8 Å². The smallest absolute Gasteiger partial charge is 0.335 e. The average Bonchev–Trinajstić information content (AvgIpc) is 3.52. The summed E-state index contributed by atoms with van der Waals surface area (Å²) in [5.74, 6) is 0.107. The fourth-order valence-corrected chi connectivity index (χ4v) is 15.5. The molecule has 0 bridgehead atoms. The first-order chi connectivity index (χ1) is 21.6. The van der Waals surface area contributed by atoms with Gasteiger partial charge in [0.25, 0.3) is 0 Å². The highest BCUT2D eigenvalue weighted by Crippen LogP contribution is 2.46. The van der Waals surface area contributed by atoms with Crippen molar-refractivity contribution in [3.05, 3.63) is 38.9 Å². The molecule has 0 radical (unpaired) electrons. The predicted molar refractivity (Wildman–Crippen MR) is 197 cm³/mol. The van der Waals surface area contributed by atoms with E-state index in [0.717, 1.165) is 5.56 Å². The molecule has 2 N–H and O–H groups in total. The van der Waals surface area contributed by atoms with Gasteiger partial charge in [-0.3, -0.25) is 8.98 Å². The first kappa shape index (κ1) is 40.2. The minimum atomic E-state index is -3.98. The Balaban J connectivity index is 1.90. The number of aromatic nitrogens is 2. The highest BCUT2D eigenvalue weighted by atomic mass is 35.5. The van der Waals surface area contributed by atoms with E-state index in [1.165, 1.54) is 30.9 Å². The van der Waals surface area contributed by atoms with Gasteiger partial charge in [-0.1, -0.05) is 73.9 Å². The predicted octanol–water partition coefficient (Wildman–Crippen LogP) is 8.49. The second-order valence-corrected chi connectivity index (χ2v) is 28.4. The van der Waals surface area contributed by atoms with Gasteiger partial charge in [-0.25, -0.2) is 9.97 Å². The third-order valence-corrected chi connectivity index (χ3v) is 23.0. The van der Waals surface area contributed by atoms with Crippen molar-refractivity contribution < 1.29 is 26.2 Å². The van der Waals surface area contributed by atoms with E-state index in [4.69, 9.17) is 24.6 Å². The molecular weight excluding hydrogens is 692 g/mol. The van der Waals surface area contributed by atoms with E-state index >= 15 is 0 Å². The molecule has 10 nitrogen and oxygen atoms in total. The molecular formula is C32H55ClN4O6S2Si2. The SMILES string of the molecule is CNS(=O)(=O)O[C@@H]1C[C@H](Nc2ncncc2C(=O)c2cc([C@@H](C)O[Si](C)(C)C(C)(C)C)c(Cl)s2)C[C@@H]1O[Si](C(C)C)(C(C)C)C(C)C. The first-order valence-corrected chi connectivity index (χ1v) is 24.1. The van der Waals surface area contributed by atoms with Gasteiger partial charge in [0.1, 0.15) is 18.2 Å². The Bertz CT molecular complexity index is 1470. The Labute approximate surface area is 293 Å². The van der Waals surface area contributed by atoms with Crippen LogP contribution < -0.4 is 10.0 Å². The van der Waals surface area contributed by atoms with Crippen molar-refractivity contribution >= 4 is 61.5 Å². The van der Waals surface area contributed by atoms with Gasteiger partial charge in [-0.2, -0.15) is 13.1 Å². The lowest BCUT2D eigenvalue weighted by atomic mass is 10.1. The summed E-state index contributed by atoms with van der Waals surface area (Å²) in [6, 6.07) is 1.54. The van der Waals surface area contributed by atoms with Crippen molar-refractivity contribution in [3.63, 3.8) is 0 Å². The summed E-state index contributed by atoms with van der Waals surface area (Å²) in [6.45, 7) is 26.1. The number of nitrogens with zero attached hydrogens (tertiary/aromatic N) is 2. The summed E-state index contributed by atoms with van der Waals surface area (Å²) in [5, 5.41) is 3.44. The number of hydrogen-bond acceptors (Lipinski definition) is 10. The van der Waals surface area contributed by atoms with E-state index in [1.54, 1.807) is 0 Å². The molecule has 2 aromatic heterocycles. The largest absolute Gasteiger partial charge is 0.410 e. The number of halogens is 1. The van der Waals surface area contributed by atoms with Gasteiger partial charge in [-0.05, 0) is 60.6 Å². The number of hydrogen-bond donors (Lipinski definition) is 2. The molecule has 0 saturated heterocycles. The molecule has 0 unspecified atom stereocenters. The molecule has 2 aromatic rings. The van der Waals surface area contributed by atoms with Crippen LogP contribution in [-0.2, 0) is 23.3 Å². The molecule has 1 aliphatic rings. The van der Waals surface area contributed by atoms with Crippen LogP contribution in [0.15, 0.2) is 18.6 Å². The summed E-state index contributed by atoms with van der Waals surface area (Å²) in [6.07, 6.45) is 2.27. The van der Waals surface area contributed by atoms with E-state index in [1.807, 2.05) is 13.0 Å². The lowest BCUT2D eigenvalue weighted by Crippen LogP contribution is -2.52. The molecule has 1 fully saturated rings. The van der Waals surface area contributed by atoms with Crippen molar-refractivity contribution in [2.24, 2.45) is 0 Å². The summed E-state index contributed by atoms with van der Waals surface area (Å²) in [4.78, 5) is 23.0. The van der Waals surface area contributed by atoms with Gasteiger partial charge in [0.15, 0.2) is 8.32 Å². The zero-order valence-corrected chi connectivity index (χ0v) is 34.6. The Hall–Kier alpha value is -1.24. The third-order valence-electron chi connectivity index (χ3n) is 9.96. The molecule has 0 amide bonds.